The van der Waals surface area contributed by atoms with Gasteiger partial charge in [-0.1, -0.05) is 12.1 Å². The minimum Gasteiger partial charge on any atom is -0.320 e. The SMILES string of the molecule is Cc1ccsc1C=C(C#N)C(=O)Nc1ccccc1Br. The first kappa shape index (κ1) is 14.5. The molecule has 0 saturated heterocycles. The Kier molecular flexibility index (Phi) is 4.72. The second kappa shape index (κ2) is 6.51. The van der Waals surface area contributed by atoms with Gasteiger partial charge in [-0.2, -0.15) is 5.26 Å². The Morgan fingerprint density at radius 3 is 2.75 bits per heavy atom. The maximum atomic E-state index is 12.1. The molecule has 1 N–H and O–H groups in total. The monoisotopic (exact) mass is 346 g/mol. The van der Waals surface area contributed by atoms with Crippen LogP contribution in [0.15, 0.2) is 45.8 Å². The van der Waals surface area contributed by atoms with E-state index in [0.717, 1.165) is 14.9 Å². The van der Waals surface area contributed by atoms with E-state index in [-0.39, 0.29) is 5.57 Å². The average Bonchev–Trinajstić information content (AvgIpc) is 2.84. The second-order valence-corrected chi connectivity index (χ2v) is 5.87. The van der Waals surface area contributed by atoms with Gasteiger partial charge in [-0.15, -0.1) is 11.3 Å². The van der Waals surface area contributed by atoms with Crippen molar-refractivity contribution in [2.45, 2.75) is 6.92 Å². The zero-order valence-corrected chi connectivity index (χ0v) is 13.1. The van der Waals surface area contributed by atoms with Gasteiger partial charge in [0, 0.05) is 9.35 Å². The summed E-state index contributed by atoms with van der Waals surface area (Å²) in [7, 11) is 0. The van der Waals surface area contributed by atoms with Gasteiger partial charge in [0.1, 0.15) is 11.6 Å². The van der Waals surface area contributed by atoms with Gasteiger partial charge in [-0.3, -0.25) is 4.79 Å². The number of amides is 1. The van der Waals surface area contributed by atoms with Gasteiger partial charge in [0.15, 0.2) is 0 Å². The lowest BCUT2D eigenvalue weighted by Gasteiger charge is -2.06. The highest BCUT2D eigenvalue weighted by Crippen LogP contribution is 2.23. The first-order valence-corrected chi connectivity index (χ1v) is 7.51. The Hall–Kier alpha value is -1.90. The minimum atomic E-state index is -0.410. The van der Waals surface area contributed by atoms with Crippen molar-refractivity contribution in [2.24, 2.45) is 0 Å². The highest BCUT2D eigenvalue weighted by molar-refractivity contribution is 9.10. The molecule has 3 nitrogen and oxygen atoms in total. The molecule has 1 aromatic carbocycles. The zero-order valence-electron chi connectivity index (χ0n) is 10.7. The van der Waals surface area contributed by atoms with E-state index in [0.29, 0.717) is 5.69 Å². The van der Waals surface area contributed by atoms with E-state index in [9.17, 15) is 4.79 Å². The van der Waals surface area contributed by atoms with Crippen LogP contribution in [0.25, 0.3) is 6.08 Å². The van der Waals surface area contributed by atoms with Gasteiger partial charge in [0.25, 0.3) is 5.91 Å². The van der Waals surface area contributed by atoms with E-state index in [1.807, 2.05) is 42.6 Å². The molecular weight excluding hydrogens is 336 g/mol. The number of nitriles is 1. The molecular formula is C15H11BrN2OS. The predicted molar refractivity (Wildman–Crippen MR) is 85.4 cm³/mol. The molecule has 0 aliphatic carbocycles. The Bertz CT molecular complexity index is 713. The summed E-state index contributed by atoms with van der Waals surface area (Å²) in [6.45, 7) is 1.95. The van der Waals surface area contributed by atoms with Crippen LogP contribution < -0.4 is 5.32 Å². The molecule has 0 unspecified atom stereocenters. The Morgan fingerprint density at radius 1 is 1.40 bits per heavy atom. The van der Waals surface area contributed by atoms with E-state index in [1.54, 1.807) is 12.1 Å². The number of carbonyl (C=O) groups is 1. The Labute approximate surface area is 129 Å². The molecule has 0 bridgehead atoms. The summed E-state index contributed by atoms with van der Waals surface area (Å²) in [5.74, 6) is -0.410. The van der Waals surface area contributed by atoms with Crippen molar-refractivity contribution in [3.63, 3.8) is 0 Å². The number of aryl methyl sites for hydroxylation is 1. The van der Waals surface area contributed by atoms with Crippen molar-refractivity contribution in [3.8, 4) is 6.07 Å². The van der Waals surface area contributed by atoms with Crippen LogP contribution in [0.1, 0.15) is 10.4 Å². The van der Waals surface area contributed by atoms with Gasteiger partial charge in [0.05, 0.1) is 5.69 Å². The number of benzene rings is 1. The largest absolute Gasteiger partial charge is 0.320 e. The molecule has 2 rings (SSSR count). The molecule has 1 amide bonds. The van der Waals surface area contributed by atoms with Crippen molar-refractivity contribution in [3.05, 3.63) is 56.2 Å². The molecule has 0 fully saturated rings. The number of hydrogen-bond acceptors (Lipinski definition) is 3. The minimum absolute atomic E-state index is 0.0892. The Balaban J connectivity index is 2.23. The molecule has 2 aromatic rings. The number of halogens is 1. The molecule has 1 heterocycles. The molecule has 20 heavy (non-hydrogen) atoms. The summed E-state index contributed by atoms with van der Waals surface area (Å²) >= 11 is 4.86. The lowest BCUT2D eigenvalue weighted by atomic mass is 10.2. The second-order valence-electron chi connectivity index (χ2n) is 4.07. The third-order valence-electron chi connectivity index (χ3n) is 2.66. The van der Waals surface area contributed by atoms with Gasteiger partial charge in [-0.25, -0.2) is 0 Å². The molecule has 0 spiro atoms. The van der Waals surface area contributed by atoms with Crippen LogP contribution in [0.4, 0.5) is 5.69 Å². The first-order valence-electron chi connectivity index (χ1n) is 5.83. The van der Waals surface area contributed by atoms with Crippen LogP contribution >= 0.6 is 27.3 Å². The number of nitrogens with one attached hydrogen (secondary N) is 1. The quantitative estimate of drug-likeness (QED) is 0.662. The van der Waals surface area contributed by atoms with Gasteiger partial charge >= 0.3 is 0 Å². The summed E-state index contributed by atoms with van der Waals surface area (Å²) < 4.78 is 0.776. The molecule has 0 saturated carbocycles. The summed E-state index contributed by atoms with van der Waals surface area (Å²) in [4.78, 5) is 13.0. The van der Waals surface area contributed by atoms with Crippen LogP contribution in [0.3, 0.4) is 0 Å². The van der Waals surface area contributed by atoms with E-state index >= 15 is 0 Å². The predicted octanol–water partition coefficient (Wildman–Crippen LogP) is 4.36. The number of anilines is 1. The van der Waals surface area contributed by atoms with Gasteiger partial charge < -0.3 is 5.32 Å². The summed E-state index contributed by atoms with van der Waals surface area (Å²) in [6.07, 6.45) is 1.62. The fourth-order valence-electron chi connectivity index (χ4n) is 1.56. The summed E-state index contributed by atoms with van der Waals surface area (Å²) in [5.41, 5.74) is 1.78. The smallest absolute Gasteiger partial charge is 0.266 e. The van der Waals surface area contributed by atoms with Crippen LogP contribution in [0, 0.1) is 18.3 Å². The van der Waals surface area contributed by atoms with Crippen LogP contribution in [-0.4, -0.2) is 5.91 Å². The normalized spacial score (nSPS) is 10.9. The van der Waals surface area contributed by atoms with Gasteiger partial charge in [0.2, 0.25) is 0 Å². The van der Waals surface area contributed by atoms with Crippen molar-refractivity contribution in [1.29, 1.82) is 5.26 Å². The third-order valence-corrected chi connectivity index (χ3v) is 4.32. The number of rotatable bonds is 3. The fourth-order valence-corrected chi connectivity index (χ4v) is 2.81. The van der Waals surface area contributed by atoms with E-state index in [2.05, 4.69) is 21.2 Å². The van der Waals surface area contributed by atoms with Crippen molar-refractivity contribution in [2.75, 3.05) is 5.32 Å². The summed E-state index contributed by atoms with van der Waals surface area (Å²) in [6, 6.07) is 11.2. The molecule has 0 radical (unpaired) electrons. The topological polar surface area (TPSA) is 52.9 Å². The van der Waals surface area contributed by atoms with Crippen LogP contribution in [-0.2, 0) is 4.79 Å². The van der Waals surface area contributed by atoms with Crippen LogP contribution in [0.5, 0.6) is 0 Å². The number of nitrogens with zero attached hydrogens (tertiary/aromatic N) is 1. The van der Waals surface area contributed by atoms with Gasteiger partial charge in [-0.05, 0) is 58.1 Å². The van der Waals surface area contributed by atoms with Crippen molar-refractivity contribution < 1.29 is 4.79 Å². The first-order chi connectivity index (χ1) is 9.61. The lowest BCUT2D eigenvalue weighted by Crippen LogP contribution is -2.13. The maximum Gasteiger partial charge on any atom is 0.266 e. The molecule has 5 heteroatoms. The highest BCUT2D eigenvalue weighted by Gasteiger charge is 2.11. The van der Waals surface area contributed by atoms with E-state index in [4.69, 9.17) is 5.26 Å². The number of hydrogen-bond donors (Lipinski definition) is 1. The number of carbonyl (C=O) groups excluding carboxylic acids is 1. The van der Waals surface area contributed by atoms with Crippen molar-refractivity contribution >= 4 is 44.9 Å². The zero-order chi connectivity index (χ0) is 14.5. The molecule has 1 aromatic heterocycles. The fraction of sp³-hybridized carbons (Fsp3) is 0.0667. The molecule has 100 valence electrons. The standard InChI is InChI=1S/C15H11BrN2OS/c1-10-6-7-20-14(10)8-11(9-17)15(19)18-13-5-3-2-4-12(13)16/h2-8H,1H3,(H,18,19). The number of thiophene rings is 1. The average molecular weight is 347 g/mol. The molecule has 0 atom stereocenters. The van der Waals surface area contributed by atoms with E-state index < -0.39 is 5.91 Å². The molecule has 0 aliphatic rings. The maximum absolute atomic E-state index is 12.1. The van der Waals surface area contributed by atoms with Crippen molar-refractivity contribution in [1.82, 2.24) is 0 Å². The highest BCUT2D eigenvalue weighted by atomic mass is 79.9. The molecule has 0 aliphatic heterocycles. The Morgan fingerprint density at radius 2 is 2.15 bits per heavy atom. The van der Waals surface area contributed by atoms with Crippen LogP contribution in [0.2, 0.25) is 0 Å². The third kappa shape index (κ3) is 3.35. The number of para-hydroxylation sites is 1. The van der Waals surface area contributed by atoms with E-state index in [1.165, 1.54) is 11.3 Å². The lowest BCUT2D eigenvalue weighted by molar-refractivity contribution is -0.112. The summed E-state index contributed by atoms with van der Waals surface area (Å²) in [5, 5.41) is 13.8.